The Morgan fingerprint density at radius 3 is 2.84 bits per heavy atom. The number of amides is 1. The lowest BCUT2D eigenvalue weighted by atomic mass is 10.2. The number of hydrogen-bond donors (Lipinski definition) is 4. The number of fused-ring (bicyclic) bond motifs is 1. The van der Waals surface area contributed by atoms with Crippen molar-refractivity contribution in [1.29, 1.82) is 0 Å². The summed E-state index contributed by atoms with van der Waals surface area (Å²) in [4.78, 5) is 14.5. The zero-order valence-electron chi connectivity index (χ0n) is 9.91. The minimum Gasteiger partial charge on any atom is -0.397 e. The van der Waals surface area contributed by atoms with E-state index in [0.717, 1.165) is 5.39 Å². The van der Waals surface area contributed by atoms with Crippen molar-refractivity contribution in [3.05, 3.63) is 30.0 Å². The third-order valence-corrected chi connectivity index (χ3v) is 2.67. The molecule has 0 saturated carbocycles. The topological polar surface area (TPSA) is 91.1 Å². The number of aliphatic hydroxyl groups excluding tert-OH is 1. The Morgan fingerprint density at radius 1 is 1.47 bits per heavy atom. The lowest BCUT2D eigenvalue weighted by Crippen LogP contribution is -2.39. The number of hydrogen-bond acceptors (Lipinski definition) is 3. The summed E-state index contributed by atoms with van der Waals surface area (Å²) in [7, 11) is 0. The van der Waals surface area contributed by atoms with E-state index >= 15 is 0 Å². The molecule has 7 heteroatoms. The third-order valence-electron chi connectivity index (χ3n) is 2.67. The number of para-hydroxylation sites is 1. The molecule has 0 radical (unpaired) electrons. The molecule has 102 valence electrons. The number of nitrogen functional groups attached to an aromatic ring is 1. The van der Waals surface area contributed by atoms with Crippen LogP contribution in [-0.2, 0) is 0 Å². The highest BCUT2D eigenvalue weighted by Crippen LogP contribution is 2.21. The molecule has 0 spiro atoms. The summed E-state index contributed by atoms with van der Waals surface area (Å²) < 4.78 is 25.6. The molecule has 1 aromatic heterocycles. The van der Waals surface area contributed by atoms with Gasteiger partial charge in [-0.2, -0.15) is 0 Å². The Morgan fingerprint density at radius 2 is 2.21 bits per heavy atom. The minimum absolute atomic E-state index is 0.140. The van der Waals surface area contributed by atoms with Crippen LogP contribution in [0.3, 0.4) is 0 Å². The number of alkyl halides is 2. The normalized spacial score (nSPS) is 11.7. The SMILES string of the molecule is Nc1cccc2cc(C(=O)NCC(F)(F)CO)[nH]c12. The van der Waals surface area contributed by atoms with Crippen LogP contribution in [0.15, 0.2) is 24.3 Å². The Hall–Kier alpha value is -2.15. The summed E-state index contributed by atoms with van der Waals surface area (Å²) in [5, 5.41) is 11.2. The summed E-state index contributed by atoms with van der Waals surface area (Å²) in [6.45, 7) is -2.24. The maximum Gasteiger partial charge on any atom is 0.287 e. The number of rotatable bonds is 4. The third kappa shape index (κ3) is 2.82. The van der Waals surface area contributed by atoms with Gasteiger partial charge in [0.05, 0.1) is 17.7 Å². The number of aromatic nitrogens is 1. The van der Waals surface area contributed by atoms with Gasteiger partial charge in [0, 0.05) is 5.39 Å². The van der Waals surface area contributed by atoms with Crippen molar-refractivity contribution in [2.45, 2.75) is 5.92 Å². The van der Waals surface area contributed by atoms with E-state index in [1.807, 2.05) is 5.32 Å². The number of carbonyl (C=O) groups is 1. The van der Waals surface area contributed by atoms with Crippen molar-refractivity contribution in [2.75, 3.05) is 18.9 Å². The lowest BCUT2D eigenvalue weighted by Gasteiger charge is -2.13. The van der Waals surface area contributed by atoms with E-state index in [2.05, 4.69) is 4.98 Å². The molecule has 0 aliphatic rings. The number of carbonyl (C=O) groups excluding carboxylic acids is 1. The minimum atomic E-state index is -3.33. The van der Waals surface area contributed by atoms with Crippen LogP contribution in [0, 0.1) is 0 Å². The fourth-order valence-corrected chi connectivity index (χ4v) is 1.66. The molecule has 1 aromatic carbocycles. The number of H-pyrrole nitrogens is 1. The van der Waals surface area contributed by atoms with Gasteiger partial charge in [-0.3, -0.25) is 4.79 Å². The lowest BCUT2D eigenvalue weighted by molar-refractivity contribution is -0.0462. The molecule has 0 fully saturated rings. The zero-order valence-corrected chi connectivity index (χ0v) is 9.91. The van der Waals surface area contributed by atoms with Crippen LogP contribution in [0.2, 0.25) is 0 Å². The number of halogens is 2. The molecule has 5 N–H and O–H groups in total. The van der Waals surface area contributed by atoms with Crippen molar-refractivity contribution in [3.8, 4) is 0 Å². The maximum absolute atomic E-state index is 12.8. The van der Waals surface area contributed by atoms with Crippen LogP contribution in [0.5, 0.6) is 0 Å². The molecule has 2 aromatic rings. The summed E-state index contributed by atoms with van der Waals surface area (Å²) in [6, 6.07) is 6.67. The largest absolute Gasteiger partial charge is 0.397 e. The predicted octanol–water partition coefficient (Wildman–Crippen LogP) is 1.11. The van der Waals surface area contributed by atoms with Gasteiger partial charge in [-0.1, -0.05) is 12.1 Å². The molecule has 0 unspecified atom stereocenters. The molecule has 0 bridgehead atoms. The highest BCUT2D eigenvalue weighted by molar-refractivity contribution is 6.00. The van der Waals surface area contributed by atoms with E-state index in [0.29, 0.717) is 11.2 Å². The molecular formula is C12H13F2N3O2. The highest BCUT2D eigenvalue weighted by Gasteiger charge is 2.28. The summed E-state index contributed by atoms with van der Waals surface area (Å²) in [6.07, 6.45) is 0. The van der Waals surface area contributed by atoms with Gasteiger partial charge in [-0.05, 0) is 12.1 Å². The second-order valence-corrected chi connectivity index (χ2v) is 4.19. The van der Waals surface area contributed by atoms with Gasteiger partial charge < -0.3 is 21.1 Å². The van der Waals surface area contributed by atoms with Gasteiger partial charge in [0.25, 0.3) is 11.8 Å². The molecule has 1 amide bonds. The Kier molecular flexibility index (Phi) is 3.39. The van der Waals surface area contributed by atoms with Crippen LogP contribution >= 0.6 is 0 Å². The molecule has 2 rings (SSSR count). The van der Waals surface area contributed by atoms with Crippen molar-refractivity contribution < 1.29 is 18.7 Å². The Labute approximate surface area is 107 Å². The van der Waals surface area contributed by atoms with Crippen molar-refractivity contribution in [1.82, 2.24) is 10.3 Å². The van der Waals surface area contributed by atoms with Gasteiger partial charge in [0.15, 0.2) is 0 Å². The molecule has 0 atom stereocenters. The number of aromatic amines is 1. The first-order valence-electron chi connectivity index (χ1n) is 5.57. The quantitative estimate of drug-likeness (QED) is 0.626. The summed E-state index contributed by atoms with van der Waals surface area (Å²) in [5.74, 6) is -4.01. The molecule has 0 saturated heterocycles. The number of nitrogens with two attached hydrogens (primary N) is 1. The summed E-state index contributed by atoms with van der Waals surface area (Å²) >= 11 is 0. The predicted molar refractivity (Wildman–Crippen MR) is 67.1 cm³/mol. The number of benzene rings is 1. The van der Waals surface area contributed by atoms with E-state index in [9.17, 15) is 13.6 Å². The van der Waals surface area contributed by atoms with E-state index in [-0.39, 0.29) is 5.69 Å². The van der Waals surface area contributed by atoms with E-state index in [4.69, 9.17) is 10.8 Å². The maximum atomic E-state index is 12.8. The van der Waals surface area contributed by atoms with Crippen LogP contribution in [0.25, 0.3) is 10.9 Å². The molecule has 5 nitrogen and oxygen atoms in total. The van der Waals surface area contributed by atoms with Gasteiger partial charge in [-0.15, -0.1) is 0 Å². The van der Waals surface area contributed by atoms with E-state index in [1.165, 1.54) is 6.07 Å². The average molecular weight is 269 g/mol. The Balaban J connectivity index is 2.16. The molecule has 0 aliphatic heterocycles. The van der Waals surface area contributed by atoms with Gasteiger partial charge in [0.2, 0.25) is 0 Å². The number of aliphatic hydroxyl groups is 1. The van der Waals surface area contributed by atoms with Crippen molar-refractivity contribution in [2.24, 2.45) is 0 Å². The zero-order chi connectivity index (χ0) is 14.0. The smallest absolute Gasteiger partial charge is 0.287 e. The van der Waals surface area contributed by atoms with Crippen LogP contribution in [-0.4, -0.2) is 35.1 Å². The molecular weight excluding hydrogens is 256 g/mol. The number of anilines is 1. The monoisotopic (exact) mass is 269 g/mol. The first-order valence-corrected chi connectivity index (χ1v) is 5.57. The number of nitrogens with one attached hydrogen (secondary N) is 2. The Bertz CT molecular complexity index is 610. The first-order chi connectivity index (χ1) is 8.93. The van der Waals surface area contributed by atoms with Crippen molar-refractivity contribution >= 4 is 22.5 Å². The molecule has 1 heterocycles. The van der Waals surface area contributed by atoms with Crippen molar-refractivity contribution in [3.63, 3.8) is 0 Å². The first kappa shape index (κ1) is 13.3. The van der Waals surface area contributed by atoms with E-state index in [1.54, 1.807) is 18.2 Å². The highest BCUT2D eigenvalue weighted by atomic mass is 19.3. The van der Waals surface area contributed by atoms with Crippen LogP contribution in [0.1, 0.15) is 10.5 Å². The fourth-order valence-electron chi connectivity index (χ4n) is 1.66. The molecule has 0 aliphatic carbocycles. The van der Waals surface area contributed by atoms with Gasteiger partial charge in [0.1, 0.15) is 12.3 Å². The van der Waals surface area contributed by atoms with Gasteiger partial charge >= 0.3 is 0 Å². The fraction of sp³-hybridized carbons (Fsp3) is 0.250. The van der Waals surface area contributed by atoms with Crippen LogP contribution < -0.4 is 11.1 Å². The second-order valence-electron chi connectivity index (χ2n) is 4.19. The van der Waals surface area contributed by atoms with Gasteiger partial charge in [-0.25, -0.2) is 8.78 Å². The second kappa shape index (κ2) is 4.85. The average Bonchev–Trinajstić information content (AvgIpc) is 2.81. The van der Waals surface area contributed by atoms with E-state index < -0.39 is 25.0 Å². The van der Waals surface area contributed by atoms with Crippen LogP contribution in [0.4, 0.5) is 14.5 Å². The standard InChI is InChI=1S/C12H13F2N3O2/c13-12(14,6-18)5-16-11(19)9-4-7-2-1-3-8(15)10(7)17-9/h1-4,17-18H,5-6,15H2,(H,16,19). The summed E-state index contributed by atoms with van der Waals surface area (Å²) in [5.41, 5.74) is 6.91. The molecule has 19 heavy (non-hydrogen) atoms.